The average Bonchev–Trinajstić information content (AvgIpc) is 2.14. The molecule has 2 aliphatic rings. The van der Waals surface area contributed by atoms with Crippen molar-refractivity contribution in [3.63, 3.8) is 0 Å². The normalized spacial score (nSPS) is 40.7. The number of ether oxygens (including phenoxy) is 1. The second-order valence-corrected chi connectivity index (χ2v) is 5.51. The maximum absolute atomic E-state index is 11.5. The third-order valence-corrected chi connectivity index (χ3v) is 3.96. The summed E-state index contributed by atoms with van der Waals surface area (Å²) in [6.45, 7) is 6.45. The molecular weight excluding hydrogens is 190 g/mol. The lowest BCUT2D eigenvalue weighted by Gasteiger charge is -2.49. The van der Waals surface area contributed by atoms with E-state index in [2.05, 4.69) is 26.1 Å². The Balaban J connectivity index is 2.22. The second-order valence-electron chi connectivity index (χ2n) is 5.51. The van der Waals surface area contributed by atoms with Crippen molar-refractivity contribution in [2.45, 2.75) is 58.1 Å². The van der Waals surface area contributed by atoms with Crippen LogP contribution in [0.3, 0.4) is 0 Å². The number of rotatable bonds is 1. The monoisotopic (exact) mass is 211 g/mol. The van der Waals surface area contributed by atoms with E-state index in [0.717, 1.165) is 6.42 Å². The van der Waals surface area contributed by atoms with E-state index in [4.69, 9.17) is 4.74 Å². The van der Waals surface area contributed by atoms with Crippen LogP contribution in [0.4, 0.5) is 4.79 Å². The van der Waals surface area contributed by atoms with Gasteiger partial charge in [0.2, 0.25) is 0 Å². The number of carbonyl (C=O) groups is 1. The van der Waals surface area contributed by atoms with Crippen molar-refractivity contribution in [3.8, 4) is 0 Å². The first-order valence-electron chi connectivity index (χ1n) is 6.02. The van der Waals surface area contributed by atoms with Crippen LogP contribution in [0.2, 0.25) is 0 Å². The summed E-state index contributed by atoms with van der Waals surface area (Å²) in [6.07, 6.45) is 4.63. The number of hydrogen-bond donors (Lipinski definition) is 1. The molecule has 3 atom stereocenters. The molecular formula is C12H21NO2. The van der Waals surface area contributed by atoms with Crippen LogP contribution in [0.1, 0.15) is 46.5 Å². The number of alkyl carbamates (subject to hydrolysis) is 1. The highest BCUT2D eigenvalue weighted by Gasteiger charge is 2.48. The number of carbonyl (C=O) groups excluding carboxylic acids is 1. The Morgan fingerprint density at radius 3 is 2.87 bits per heavy atom. The Bertz CT molecular complexity index is 264. The molecule has 0 aromatic rings. The summed E-state index contributed by atoms with van der Waals surface area (Å²) in [5.41, 5.74) is -0.0253. The molecule has 0 unspecified atom stereocenters. The molecule has 15 heavy (non-hydrogen) atoms. The van der Waals surface area contributed by atoms with Crippen LogP contribution >= 0.6 is 0 Å². The lowest BCUT2D eigenvalue weighted by molar-refractivity contribution is -0.0532. The largest absolute Gasteiger partial charge is 0.446 e. The molecule has 2 rings (SSSR count). The minimum Gasteiger partial charge on any atom is -0.446 e. The predicted molar refractivity (Wildman–Crippen MR) is 58.6 cm³/mol. The Kier molecular flexibility index (Phi) is 2.65. The summed E-state index contributed by atoms with van der Waals surface area (Å²) in [7, 11) is 0. The molecule has 1 N–H and O–H groups in total. The van der Waals surface area contributed by atoms with Crippen molar-refractivity contribution in [1.82, 2.24) is 5.32 Å². The van der Waals surface area contributed by atoms with Gasteiger partial charge in [-0.2, -0.15) is 0 Å². The Labute approximate surface area is 91.6 Å². The van der Waals surface area contributed by atoms with Crippen LogP contribution in [0.15, 0.2) is 0 Å². The molecule has 0 radical (unpaired) electrons. The van der Waals surface area contributed by atoms with Gasteiger partial charge in [0.1, 0.15) is 6.10 Å². The van der Waals surface area contributed by atoms with E-state index in [0.29, 0.717) is 11.8 Å². The van der Waals surface area contributed by atoms with E-state index in [-0.39, 0.29) is 17.7 Å². The fourth-order valence-corrected chi connectivity index (χ4v) is 3.11. The summed E-state index contributed by atoms with van der Waals surface area (Å²) in [6, 6.07) is 0. The van der Waals surface area contributed by atoms with E-state index in [1.54, 1.807) is 0 Å². The molecule has 3 nitrogen and oxygen atoms in total. The molecule has 1 aliphatic heterocycles. The molecule has 0 aromatic carbocycles. The highest BCUT2D eigenvalue weighted by molar-refractivity contribution is 5.69. The second kappa shape index (κ2) is 3.69. The summed E-state index contributed by atoms with van der Waals surface area (Å²) in [4.78, 5) is 11.5. The first-order valence-corrected chi connectivity index (χ1v) is 6.02. The third-order valence-electron chi connectivity index (χ3n) is 3.96. The van der Waals surface area contributed by atoms with Gasteiger partial charge in [-0.25, -0.2) is 4.79 Å². The maximum atomic E-state index is 11.5. The zero-order valence-electron chi connectivity index (χ0n) is 9.88. The lowest BCUT2D eigenvalue weighted by atomic mass is 9.68. The Hall–Kier alpha value is -0.730. The van der Waals surface area contributed by atoms with Crippen LogP contribution in [0, 0.1) is 11.8 Å². The van der Waals surface area contributed by atoms with Crippen molar-refractivity contribution in [3.05, 3.63) is 0 Å². The van der Waals surface area contributed by atoms with Crippen molar-refractivity contribution in [2.24, 2.45) is 11.8 Å². The summed E-state index contributed by atoms with van der Waals surface area (Å²) < 4.78 is 5.43. The fourth-order valence-electron chi connectivity index (χ4n) is 3.11. The highest BCUT2D eigenvalue weighted by Crippen LogP contribution is 2.41. The molecule has 1 aliphatic carbocycles. The molecule has 0 aromatic heterocycles. The van der Waals surface area contributed by atoms with Gasteiger partial charge in [-0.15, -0.1) is 0 Å². The number of cyclic esters (lactones) is 1. The fraction of sp³-hybridized carbons (Fsp3) is 0.917. The van der Waals surface area contributed by atoms with Gasteiger partial charge >= 0.3 is 6.09 Å². The highest BCUT2D eigenvalue weighted by atomic mass is 16.6. The first-order chi connectivity index (χ1) is 7.03. The third kappa shape index (κ3) is 1.84. The quantitative estimate of drug-likeness (QED) is 0.724. The minimum atomic E-state index is -0.227. The van der Waals surface area contributed by atoms with E-state index in [9.17, 15) is 4.79 Å². The van der Waals surface area contributed by atoms with Gasteiger partial charge in [0.25, 0.3) is 0 Å². The number of fused-ring (bicyclic) bond motifs is 1. The van der Waals surface area contributed by atoms with Gasteiger partial charge in [-0.05, 0) is 25.7 Å². The summed E-state index contributed by atoms with van der Waals surface area (Å²) >= 11 is 0. The smallest absolute Gasteiger partial charge is 0.407 e. The maximum Gasteiger partial charge on any atom is 0.407 e. The van der Waals surface area contributed by atoms with Crippen LogP contribution in [-0.4, -0.2) is 17.7 Å². The van der Waals surface area contributed by atoms with Crippen molar-refractivity contribution >= 4 is 6.09 Å². The molecule has 0 spiro atoms. The molecule has 86 valence electrons. The Morgan fingerprint density at radius 2 is 2.20 bits per heavy atom. The zero-order chi connectivity index (χ0) is 11.1. The SMILES string of the molecule is CC(C)[C@@H]1OC(=O)N[C@@]2(C)CCCC[C@@H]12. The van der Waals surface area contributed by atoms with Crippen LogP contribution in [0.5, 0.6) is 0 Å². The summed E-state index contributed by atoms with van der Waals surface area (Å²) in [5.74, 6) is 0.905. The molecule has 1 heterocycles. The number of nitrogens with one attached hydrogen (secondary N) is 1. The minimum absolute atomic E-state index is 0.0253. The first kappa shape index (κ1) is 10.8. The summed E-state index contributed by atoms with van der Waals surface area (Å²) in [5, 5.41) is 3.02. The molecule has 0 bridgehead atoms. The van der Waals surface area contributed by atoms with Crippen LogP contribution in [0.25, 0.3) is 0 Å². The lowest BCUT2D eigenvalue weighted by Crippen LogP contribution is -2.63. The van der Waals surface area contributed by atoms with Gasteiger partial charge in [-0.3, -0.25) is 0 Å². The predicted octanol–water partition coefficient (Wildman–Crippen LogP) is 2.70. The topological polar surface area (TPSA) is 38.3 Å². The van der Waals surface area contributed by atoms with E-state index in [1.807, 2.05) is 0 Å². The zero-order valence-corrected chi connectivity index (χ0v) is 9.88. The van der Waals surface area contributed by atoms with Gasteiger partial charge in [0, 0.05) is 11.5 Å². The van der Waals surface area contributed by atoms with Crippen molar-refractivity contribution < 1.29 is 9.53 Å². The van der Waals surface area contributed by atoms with Crippen molar-refractivity contribution in [2.75, 3.05) is 0 Å². The van der Waals surface area contributed by atoms with E-state index in [1.165, 1.54) is 19.3 Å². The van der Waals surface area contributed by atoms with Gasteiger partial charge in [0.15, 0.2) is 0 Å². The van der Waals surface area contributed by atoms with Crippen molar-refractivity contribution in [1.29, 1.82) is 0 Å². The van der Waals surface area contributed by atoms with Crippen LogP contribution in [-0.2, 0) is 4.74 Å². The average molecular weight is 211 g/mol. The molecule has 1 amide bonds. The number of hydrogen-bond acceptors (Lipinski definition) is 2. The molecule has 2 fully saturated rings. The van der Waals surface area contributed by atoms with Gasteiger partial charge < -0.3 is 10.1 Å². The van der Waals surface area contributed by atoms with Crippen LogP contribution < -0.4 is 5.32 Å². The number of amides is 1. The van der Waals surface area contributed by atoms with E-state index >= 15 is 0 Å². The standard InChI is InChI=1S/C12H21NO2/c1-8(2)10-9-6-4-5-7-12(9,3)13-11(14)15-10/h8-10H,4-7H2,1-3H3,(H,13,14)/t9-,10-,12-/m0/s1. The van der Waals surface area contributed by atoms with E-state index < -0.39 is 0 Å². The van der Waals surface area contributed by atoms with Gasteiger partial charge in [-0.1, -0.05) is 26.7 Å². The molecule has 1 saturated heterocycles. The van der Waals surface area contributed by atoms with Gasteiger partial charge in [0.05, 0.1) is 0 Å². The molecule has 1 saturated carbocycles. The Morgan fingerprint density at radius 1 is 1.47 bits per heavy atom. The molecule has 3 heteroatoms.